The standard InChI is InChI=1S/C18H30O3/c1-8-18(7,19)11-9-10-14(4)16-15(12-13(2)3)20-17(5,6)21-16/h8,10,12,15-16,19H,1,9,11H2,2-7H3/b14-10+/t15-,16-,18-/m1/s1. The third-order valence-electron chi connectivity index (χ3n) is 3.63. The first-order valence-electron chi connectivity index (χ1n) is 7.59. The summed E-state index contributed by atoms with van der Waals surface area (Å²) in [5.74, 6) is -0.566. The number of hydrogen-bond acceptors (Lipinski definition) is 3. The quantitative estimate of drug-likeness (QED) is 0.748. The van der Waals surface area contributed by atoms with E-state index in [1.54, 1.807) is 13.0 Å². The Hall–Kier alpha value is -0.900. The Morgan fingerprint density at radius 1 is 1.29 bits per heavy atom. The lowest BCUT2D eigenvalue weighted by Crippen LogP contribution is -2.23. The maximum atomic E-state index is 9.94. The molecule has 0 amide bonds. The van der Waals surface area contributed by atoms with Gasteiger partial charge in [0.2, 0.25) is 0 Å². The Balaban J connectivity index is 2.76. The topological polar surface area (TPSA) is 38.7 Å². The number of ether oxygens (including phenoxy) is 2. The van der Waals surface area contributed by atoms with Crippen LogP contribution in [0.1, 0.15) is 54.4 Å². The van der Waals surface area contributed by atoms with Gasteiger partial charge in [0.25, 0.3) is 0 Å². The summed E-state index contributed by atoms with van der Waals surface area (Å²) >= 11 is 0. The lowest BCUT2D eigenvalue weighted by Gasteiger charge is -2.19. The third-order valence-corrected chi connectivity index (χ3v) is 3.63. The molecule has 0 radical (unpaired) electrons. The minimum absolute atomic E-state index is 0.0545. The first-order chi connectivity index (χ1) is 9.56. The fraction of sp³-hybridized carbons (Fsp3) is 0.667. The molecule has 0 aromatic heterocycles. The van der Waals surface area contributed by atoms with E-state index in [0.717, 1.165) is 12.0 Å². The van der Waals surface area contributed by atoms with E-state index in [1.165, 1.54) is 5.57 Å². The van der Waals surface area contributed by atoms with E-state index >= 15 is 0 Å². The zero-order chi connectivity index (χ0) is 16.3. The van der Waals surface area contributed by atoms with Gasteiger partial charge in [-0.15, -0.1) is 6.58 Å². The van der Waals surface area contributed by atoms with Crippen LogP contribution in [0.15, 0.2) is 36.0 Å². The van der Waals surface area contributed by atoms with Gasteiger partial charge in [-0.2, -0.15) is 0 Å². The predicted molar refractivity (Wildman–Crippen MR) is 87.1 cm³/mol. The average Bonchev–Trinajstić information content (AvgIpc) is 2.63. The van der Waals surface area contributed by atoms with E-state index < -0.39 is 11.4 Å². The van der Waals surface area contributed by atoms with Gasteiger partial charge in [-0.25, -0.2) is 0 Å². The van der Waals surface area contributed by atoms with Crippen LogP contribution in [0.5, 0.6) is 0 Å². The summed E-state index contributed by atoms with van der Waals surface area (Å²) in [7, 11) is 0. The van der Waals surface area contributed by atoms with Crippen LogP contribution in [0.4, 0.5) is 0 Å². The molecule has 0 aliphatic carbocycles. The maximum Gasteiger partial charge on any atom is 0.164 e. The molecule has 0 unspecified atom stereocenters. The second kappa shape index (κ2) is 6.91. The molecule has 1 N–H and O–H groups in total. The Morgan fingerprint density at radius 2 is 1.90 bits per heavy atom. The molecule has 0 aromatic rings. The summed E-state index contributed by atoms with van der Waals surface area (Å²) in [6.07, 6.45) is 7.13. The van der Waals surface area contributed by atoms with Gasteiger partial charge in [0.1, 0.15) is 12.2 Å². The van der Waals surface area contributed by atoms with Crippen LogP contribution >= 0.6 is 0 Å². The Kier molecular flexibility index (Phi) is 5.97. The summed E-state index contributed by atoms with van der Waals surface area (Å²) in [4.78, 5) is 0. The fourth-order valence-corrected chi connectivity index (χ4v) is 2.40. The molecule has 1 aliphatic heterocycles. The second-order valence-electron chi connectivity index (χ2n) is 6.81. The predicted octanol–water partition coefficient (Wildman–Crippen LogP) is 4.14. The molecule has 1 heterocycles. The van der Waals surface area contributed by atoms with Crippen molar-refractivity contribution in [3.05, 3.63) is 36.0 Å². The van der Waals surface area contributed by atoms with Gasteiger partial charge in [0, 0.05) is 0 Å². The lowest BCUT2D eigenvalue weighted by molar-refractivity contribution is -0.139. The monoisotopic (exact) mass is 294 g/mol. The van der Waals surface area contributed by atoms with Crippen LogP contribution in [0.3, 0.4) is 0 Å². The molecule has 120 valence electrons. The molecule has 0 spiro atoms. The molecule has 0 aromatic carbocycles. The highest BCUT2D eigenvalue weighted by molar-refractivity contribution is 5.16. The summed E-state index contributed by atoms with van der Waals surface area (Å²) in [6.45, 7) is 15.5. The molecule has 1 saturated heterocycles. The van der Waals surface area contributed by atoms with Crippen LogP contribution in [-0.4, -0.2) is 28.7 Å². The van der Waals surface area contributed by atoms with E-state index in [4.69, 9.17) is 9.47 Å². The summed E-state index contributed by atoms with van der Waals surface area (Å²) in [6, 6.07) is 0. The SMILES string of the molecule is C=C[C@@](C)(O)CC/C=C(\C)[C@H]1OC(C)(C)O[C@@H]1C=C(C)C. The number of hydrogen-bond donors (Lipinski definition) is 1. The zero-order valence-corrected chi connectivity index (χ0v) is 14.3. The van der Waals surface area contributed by atoms with Crippen molar-refractivity contribution in [1.29, 1.82) is 0 Å². The van der Waals surface area contributed by atoms with Gasteiger partial charge >= 0.3 is 0 Å². The van der Waals surface area contributed by atoms with E-state index in [0.29, 0.717) is 6.42 Å². The number of rotatable bonds is 6. The highest BCUT2D eigenvalue weighted by Gasteiger charge is 2.40. The number of aliphatic hydroxyl groups is 1. The molecule has 21 heavy (non-hydrogen) atoms. The second-order valence-corrected chi connectivity index (χ2v) is 6.81. The van der Waals surface area contributed by atoms with Crippen molar-refractivity contribution in [2.24, 2.45) is 0 Å². The smallest absolute Gasteiger partial charge is 0.164 e. The van der Waals surface area contributed by atoms with Crippen LogP contribution in [-0.2, 0) is 9.47 Å². The van der Waals surface area contributed by atoms with Crippen molar-refractivity contribution in [3.63, 3.8) is 0 Å². The van der Waals surface area contributed by atoms with Crippen molar-refractivity contribution < 1.29 is 14.6 Å². The average molecular weight is 294 g/mol. The minimum atomic E-state index is -0.817. The zero-order valence-electron chi connectivity index (χ0n) is 14.3. The van der Waals surface area contributed by atoms with Crippen LogP contribution < -0.4 is 0 Å². The number of allylic oxidation sites excluding steroid dienone is 2. The molecule has 0 bridgehead atoms. The first-order valence-corrected chi connectivity index (χ1v) is 7.59. The molecule has 1 aliphatic rings. The van der Waals surface area contributed by atoms with Gasteiger partial charge < -0.3 is 14.6 Å². The first kappa shape index (κ1) is 18.1. The molecule has 0 saturated carbocycles. The molecule has 1 fully saturated rings. The maximum absolute atomic E-state index is 9.94. The lowest BCUT2D eigenvalue weighted by atomic mass is 9.97. The van der Waals surface area contributed by atoms with Gasteiger partial charge in [-0.1, -0.05) is 23.8 Å². The Morgan fingerprint density at radius 3 is 2.43 bits per heavy atom. The van der Waals surface area contributed by atoms with Crippen LogP contribution in [0.2, 0.25) is 0 Å². The van der Waals surface area contributed by atoms with E-state index in [9.17, 15) is 5.11 Å². The van der Waals surface area contributed by atoms with E-state index in [1.807, 2.05) is 13.8 Å². The largest absolute Gasteiger partial charge is 0.386 e. The fourth-order valence-electron chi connectivity index (χ4n) is 2.40. The van der Waals surface area contributed by atoms with Gasteiger partial charge in [-0.3, -0.25) is 0 Å². The van der Waals surface area contributed by atoms with Crippen LogP contribution in [0, 0.1) is 0 Å². The van der Waals surface area contributed by atoms with Crippen molar-refractivity contribution in [2.75, 3.05) is 0 Å². The summed E-state index contributed by atoms with van der Waals surface area (Å²) in [5.41, 5.74) is 1.54. The molecule has 3 nitrogen and oxygen atoms in total. The van der Waals surface area contributed by atoms with Crippen molar-refractivity contribution in [3.8, 4) is 0 Å². The van der Waals surface area contributed by atoms with E-state index in [-0.39, 0.29) is 12.2 Å². The molecule has 1 rings (SSSR count). The third kappa shape index (κ3) is 5.77. The van der Waals surface area contributed by atoms with Gasteiger partial charge in [-0.05, 0) is 60.0 Å². The van der Waals surface area contributed by atoms with E-state index in [2.05, 4.69) is 39.5 Å². The van der Waals surface area contributed by atoms with Crippen molar-refractivity contribution >= 4 is 0 Å². The van der Waals surface area contributed by atoms with Crippen molar-refractivity contribution in [2.45, 2.75) is 78.0 Å². The highest BCUT2D eigenvalue weighted by Crippen LogP contribution is 2.33. The molecular weight excluding hydrogens is 264 g/mol. The molecule has 3 heteroatoms. The normalized spacial score (nSPS) is 28.0. The Labute approximate surface area is 129 Å². The summed E-state index contributed by atoms with van der Waals surface area (Å²) < 4.78 is 12.0. The minimum Gasteiger partial charge on any atom is -0.386 e. The summed E-state index contributed by atoms with van der Waals surface area (Å²) in [5, 5.41) is 9.94. The highest BCUT2D eigenvalue weighted by atomic mass is 16.7. The van der Waals surface area contributed by atoms with Gasteiger partial charge in [0.15, 0.2) is 5.79 Å². The van der Waals surface area contributed by atoms with Gasteiger partial charge in [0.05, 0.1) is 5.60 Å². The van der Waals surface area contributed by atoms with Crippen LogP contribution in [0.25, 0.3) is 0 Å². The Bertz CT molecular complexity index is 426. The molecular formula is C18H30O3. The van der Waals surface area contributed by atoms with Crippen molar-refractivity contribution in [1.82, 2.24) is 0 Å². The molecule has 3 atom stereocenters.